The van der Waals surface area contributed by atoms with Crippen LogP contribution in [0.2, 0.25) is 0 Å². The highest BCUT2D eigenvalue weighted by molar-refractivity contribution is 7.89. The van der Waals surface area contributed by atoms with Gasteiger partial charge in [-0.05, 0) is 50.1 Å². The van der Waals surface area contributed by atoms with Gasteiger partial charge in [-0.2, -0.15) is 4.31 Å². The molecule has 168 valence electrons. The minimum Gasteiger partial charge on any atom is -0.484 e. The van der Waals surface area contributed by atoms with Gasteiger partial charge in [-0.3, -0.25) is 9.69 Å². The molecule has 30 heavy (non-hydrogen) atoms. The SMILES string of the molecule is O=C(COc1ccc(S(=O)(=O)N2CCCCCC2)cc1)NCCCN1CCOCC1. The van der Waals surface area contributed by atoms with E-state index < -0.39 is 10.0 Å². The summed E-state index contributed by atoms with van der Waals surface area (Å²) in [6.07, 6.45) is 4.85. The molecule has 9 heteroatoms. The molecule has 0 atom stereocenters. The smallest absolute Gasteiger partial charge is 0.257 e. The van der Waals surface area contributed by atoms with Gasteiger partial charge in [-0.15, -0.1) is 0 Å². The van der Waals surface area contributed by atoms with E-state index in [0.717, 1.165) is 65.0 Å². The Hall–Kier alpha value is -1.68. The number of amides is 1. The lowest BCUT2D eigenvalue weighted by Gasteiger charge is -2.26. The molecular weight excluding hydrogens is 406 g/mol. The lowest BCUT2D eigenvalue weighted by Crippen LogP contribution is -2.38. The zero-order valence-corrected chi connectivity index (χ0v) is 18.4. The number of morpholine rings is 1. The van der Waals surface area contributed by atoms with Crippen LogP contribution < -0.4 is 10.1 Å². The van der Waals surface area contributed by atoms with Gasteiger partial charge in [0.05, 0.1) is 18.1 Å². The van der Waals surface area contributed by atoms with Crippen molar-refractivity contribution < 1.29 is 22.7 Å². The van der Waals surface area contributed by atoms with Gasteiger partial charge in [0, 0.05) is 32.7 Å². The van der Waals surface area contributed by atoms with Gasteiger partial charge in [0.1, 0.15) is 5.75 Å². The van der Waals surface area contributed by atoms with Crippen molar-refractivity contribution in [3.8, 4) is 5.75 Å². The second kappa shape index (κ2) is 11.6. The number of hydrogen-bond acceptors (Lipinski definition) is 6. The average Bonchev–Trinajstić information content (AvgIpc) is 3.07. The van der Waals surface area contributed by atoms with E-state index in [1.54, 1.807) is 28.6 Å². The summed E-state index contributed by atoms with van der Waals surface area (Å²) in [6.45, 7) is 6.05. The number of hydrogen-bond donors (Lipinski definition) is 1. The van der Waals surface area contributed by atoms with Crippen molar-refractivity contribution in [3.05, 3.63) is 24.3 Å². The normalized spacial score (nSPS) is 19.2. The van der Waals surface area contributed by atoms with Crippen molar-refractivity contribution in [2.75, 3.05) is 59.1 Å². The van der Waals surface area contributed by atoms with E-state index in [4.69, 9.17) is 9.47 Å². The van der Waals surface area contributed by atoms with E-state index in [2.05, 4.69) is 10.2 Å². The lowest BCUT2D eigenvalue weighted by molar-refractivity contribution is -0.123. The third-order valence-corrected chi connectivity index (χ3v) is 7.39. The molecule has 0 bridgehead atoms. The Kier molecular flexibility index (Phi) is 8.92. The monoisotopic (exact) mass is 439 g/mol. The molecule has 8 nitrogen and oxygen atoms in total. The van der Waals surface area contributed by atoms with E-state index in [0.29, 0.717) is 25.4 Å². The first kappa shape index (κ1) is 23.0. The summed E-state index contributed by atoms with van der Waals surface area (Å²) in [5, 5.41) is 2.85. The second-order valence-corrected chi connectivity index (χ2v) is 9.67. The predicted molar refractivity (Wildman–Crippen MR) is 114 cm³/mol. The largest absolute Gasteiger partial charge is 0.484 e. The van der Waals surface area contributed by atoms with E-state index in [1.807, 2.05) is 0 Å². The maximum absolute atomic E-state index is 12.8. The summed E-state index contributed by atoms with van der Waals surface area (Å²) in [4.78, 5) is 14.6. The maximum Gasteiger partial charge on any atom is 0.257 e. The number of nitrogens with one attached hydrogen (secondary N) is 1. The van der Waals surface area contributed by atoms with E-state index in [9.17, 15) is 13.2 Å². The van der Waals surface area contributed by atoms with Crippen LogP contribution in [0.15, 0.2) is 29.2 Å². The molecule has 2 aliphatic rings. The van der Waals surface area contributed by atoms with E-state index in [1.165, 1.54) is 0 Å². The summed E-state index contributed by atoms with van der Waals surface area (Å²) >= 11 is 0. The molecule has 2 aliphatic heterocycles. The molecule has 0 spiro atoms. The third kappa shape index (κ3) is 6.94. The first-order valence-electron chi connectivity index (χ1n) is 10.9. The van der Waals surface area contributed by atoms with Crippen molar-refractivity contribution in [3.63, 3.8) is 0 Å². The highest BCUT2D eigenvalue weighted by Crippen LogP contribution is 2.22. The molecule has 0 saturated carbocycles. The fourth-order valence-electron chi connectivity index (χ4n) is 3.69. The van der Waals surface area contributed by atoms with Gasteiger partial charge in [0.25, 0.3) is 5.91 Å². The maximum atomic E-state index is 12.8. The molecule has 3 rings (SSSR count). The molecule has 1 aromatic carbocycles. The van der Waals surface area contributed by atoms with Crippen LogP contribution in [0.3, 0.4) is 0 Å². The molecule has 0 unspecified atom stereocenters. The summed E-state index contributed by atoms with van der Waals surface area (Å²) in [6, 6.07) is 6.32. The van der Waals surface area contributed by atoms with Crippen molar-refractivity contribution >= 4 is 15.9 Å². The Labute approximate surface area is 179 Å². The summed E-state index contributed by atoms with van der Waals surface area (Å²) < 4.78 is 38.0. The first-order chi connectivity index (χ1) is 14.6. The van der Waals surface area contributed by atoms with Gasteiger partial charge >= 0.3 is 0 Å². The van der Waals surface area contributed by atoms with Crippen molar-refractivity contribution in [1.29, 1.82) is 0 Å². The van der Waals surface area contributed by atoms with Crippen LogP contribution in [-0.2, 0) is 19.6 Å². The Bertz CT molecular complexity index is 755. The van der Waals surface area contributed by atoms with Crippen molar-refractivity contribution in [2.45, 2.75) is 37.0 Å². The standard InChI is InChI=1S/C21H33N3O5S/c25-21(22-10-5-11-23-14-16-28-17-15-23)18-29-19-6-8-20(9-7-19)30(26,27)24-12-3-1-2-4-13-24/h6-9H,1-5,10-18H2,(H,22,25). The second-order valence-electron chi connectivity index (χ2n) is 7.74. The minimum atomic E-state index is -3.47. The van der Waals surface area contributed by atoms with Crippen LogP contribution in [0.4, 0.5) is 0 Å². The Morgan fingerprint density at radius 2 is 1.67 bits per heavy atom. The third-order valence-electron chi connectivity index (χ3n) is 5.47. The molecule has 1 amide bonds. The number of carbonyl (C=O) groups is 1. The highest BCUT2D eigenvalue weighted by Gasteiger charge is 2.25. The van der Waals surface area contributed by atoms with Crippen LogP contribution in [0.5, 0.6) is 5.75 Å². The number of rotatable bonds is 9. The predicted octanol–water partition coefficient (Wildman–Crippen LogP) is 1.47. The Balaban J connectivity index is 1.39. The number of carbonyl (C=O) groups excluding carboxylic acids is 1. The molecule has 0 radical (unpaired) electrons. The molecule has 0 aliphatic carbocycles. The van der Waals surface area contributed by atoms with Crippen molar-refractivity contribution in [2.24, 2.45) is 0 Å². The van der Waals surface area contributed by atoms with Crippen molar-refractivity contribution in [1.82, 2.24) is 14.5 Å². The fourth-order valence-corrected chi connectivity index (χ4v) is 5.21. The average molecular weight is 440 g/mol. The van der Waals surface area contributed by atoms with Crippen LogP contribution in [0, 0.1) is 0 Å². The fraction of sp³-hybridized carbons (Fsp3) is 0.667. The van der Waals surface area contributed by atoms with Crippen LogP contribution >= 0.6 is 0 Å². The zero-order valence-electron chi connectivity index (χ0n) is 17.6. The number of benzene rings is 1. The molecule has 1 N–H and O–H groups in total. The van der Waals surface area contributed by atoms with Crippen LogP contribution in [0.25, 0.3) is 0 Å². The summed E-state index contributed by atoms with van der Waals surface area (Å²) in [7, 11) is -3.47. The molecule has 2 heterocycles. The minimum absolute atomic E-state index is 0.0875. The van der Waals surface area contributed by atoms with E-state index in [-0.39, 0.29) is 17.4 Å². The number of nitrogens with zero attached hydrogens (tertiary/aromatic N) is 2. The number of ether oxygens (including phenoxy) is 2. The van der Waals surface area contributed by atoms with Gasteiger partial charge < -0.3 is 14.8 Å². The summed E-state index contributed by atoms with van der Waals surface area (Å²) in [5.41, 5.74) is 0. The van der Waals surface area contributed by atoms with Crippen LogP contribution in [-0.4, -0.2) is 82.6 Å². The molecular formula is C21H33N3O5S. The molecule has 2 fully saturated rings. The number of sulfonamides is 1. The lowest BCUT2D eigenvalue weighted by atomic mass is 10.2. The molecule has 2 saturated heterocycles. The quantitative estimate of drug-likeness (QED) is 0.586. The Morgan fingerprint density at radius 1 is 1.00 bits per heavy atom. The van der Waals surface area contributed by atoms with Crippen LogP contribution in [0.1, 0.15) is 32.1 Å². The summed E-state index contributed by atoms with van der Waals surface area (Å²) in [5.74, 6) is 0.298. The van der Waals surface area contributed by atoms with Gasteiger partial charge in [0.2, 0.25) is 10.0 Å². The molecule has 1 aromatic rings. The van der Waals surface area contributed by atoms with Gasteiger partial charge in [-0.1, -0.05) is 12.8 Å². The first-order valence-corrected chi connectivity index (χ1v) is 12.3. The zero-order chi connectivity index (χ0) is 21.2. The van der Waals surface area contributed by atoms with Gasteiger partial charge in [-0.25, -0.2) is 8.42 Å². The van der Waals surface area contributed by atoms with Gasteiger partial charge in [0.15, 0.2) is 6.61 Å². The highest BCUT2D eigenvalue weighted by atomic mass is 32.2. The Morgan fingerprint density at radius 3 is 2.33 bits per heavy atom. The topological polar surface area (TPSA) is 88.2 Å². The van der Waals surface area contributed by atoms with E-state index >= 15 is 0 Å². The molecule has 0 aromatic heterocycles.